The average molecular weight is 269 g/mol. The number of rotatable bonds is 7. The zero-order valence-corrected chi connectivity index (χ0v) is 10.7. The van der Waals surface area contributed by atoms with E-state index in [9.17, 15) is 14.9 Å². The van der Waals surface area contributed by atoms with Gasteiger partial charge in [0.05, 0.1) is 17.6 Å². The van der Waals surface area contributed by atoms with Crippen LogP contribution in [0.4, 0.5) is 5.69 Å². The molecule has 0 aromatic heterocycles. The number of hydrogen-bond donors (Lipinski definition) is 1. The van der Waals surface area contributed by atoms with Crippen LogP contribution in [0.15, 0.2) is 18.2 Å². The van der Waals surface area contributed by atoms with Gasteiger partial charge in [-0.3, -0.25) is 10.1 Å². The molecule has 1 N–H and O–H groups in total. The maximum absolute atomic E-state index is 11.0. The fraction of sp³-hybridized carbons (Fsp3) is 0.417. The van der Waals surface area contributed by atoms with Crippen molar-refractivity contribution < 1.29 is 24.3 Å². The molecule has 0 amide bonds. The Hall–Kier alpha value is -2.15. The minimum atomic E-state index is -1.27. The number of carbonyl (C=O) groups is 1. The summed E-state index contributed by atoms with van der Waals surface area (Å²) in [7, 11) is 0. The number of nitro benzene ring substituents is 1. The fourth-order valence-electron chi connectivity index (χ4n) is 1.36. The van der Waals surface area contributed by atoms with Crippen LogP contribution in [0.5, 0.6) is 5.75 Å². The summed E-state index contributed by atoms with van der Waals surface area (Å²) in [5.74, 6) is -1.19. The number of nitrogens with zero attached hydrogens (tertiary/aromatic N) is 1. The van der Waals surface area contributed by atoms with Gasteiger partial charge in [-0.25, -0.2) is 4.79 Å². The smallest absolute Gasteiger partial charge is 0.339 e. The summed E-state index contributed by atoms with van der Waals surface area (Å²) in [4.78, 5) is 20.9. The number of benzene rings is 1. The van der Waals surface area contributed by atoms with Crippen LogP contribution in [-0.4, -0.2) is 35.3 Å². The summed E-state index contributed by atoms with van der Waals surface area (Å²) >= 11 is 0. The van der Waals surface area contributed by atoms with Gasteiger partial charge < -0.3 is 14.6 Å². The standard InChI is InChI=1S/C12H15NO6/c1-8(2)18-5-6-19-11-4-3-9(13(16)17)7-10(11)12(14)15/h3-4,7-8H,5-6H2,1-2H3,(H,14,15). The predicted octanol–water partition coefficient (Wildman–Crippen LogP) is 2.10. The molecule has 0 unspecified atom stereocenters. The molecule has 1 rings (SSSR count). The van der Waals surface area contributed by atoms with E-state index in [1.165, 1.54) is 12.1 Å². The van der Waals surface area contributed by atoms with Crippen LogP contribution in [0.2, 0.25) is 0 Å². The van der Waals surface area contributed by atoms with Crippen molar-refractivity contribution in [2.75, 3.05) is 13.2 Å². The number of aromatic carboxylic acids is 1. The highest BCUT2D eigenvalue weighted by atomic mass is 16.6. The van der Waals surface area contributed by atoms with Crippen LogP contribution in [-0.2, 0) is 4.74 Å². The molecule has 0 aliphatic rings. The van der Waals surface area contributed by atoms with Gasteiger partial charge in [-0.15, -0.1) is 0 Å². The minimum absolute atomic E-state index is 0.0550. The molecule has 0 aliphatic carbocycles. The Kier molecular flexibility index (Phi) is 5.25. The molecule has 1 aromatic rings. The second-order valence-electron chi connectivity index (χ2n) is 4.01. The molecule has 0 saturated heterocycles. The first-order valence-electron chi connectivity index (χ1n) is 5.68. The molecule has 0 fully saturated rings. The van der Waals surface area contributed by atoms with Gasteiger partial charge >= 0.3 is 5.97 Å². The first-order valence-corrected chi connectivity index (χ1v) is 5.68. The van der Waals surface area contributed by atoms with Crippen molar-refractivity contribution >= 4 is 11.7 Å². The third kappa shape index (κ3) is 4.55. The lowest BCUT2D eigenvalue weighted by Crippen LogP contribution is -2.13. The van der Waals surface area contributed by atoms with Gasteiger partial charge in [0.1, 0.15) is 17.9 Å². The molecule has 1 aromatic carbocycles. The lowest BCUT2D eigenvalue weighted by Gasteiger charge is -2.10. The van der Waals surface area contributed by atoms with Gasteiger partial charge in [0.15, 0.2) is 0 Å². The largest absolute Gasteiger partial charge is 0.490 e. The van der Waals surface area contributed by atoms with Gasteiger partial charge in [-0.1, -0.05) is 0 Å². The van der Waals surface area contributed by atoms with Gasteiger partial charge in [0.2, 0.25) is 0 Å². The van der Waals surface area contributed by atoms with Gasteiger partial charge in [0.25, 0.3) is 5.69 Å². The number of ether oxygens (including phenoxy) is 2. The second kappa shape index (κ2) is 6.69. The van der Waals surface area contributed by atoms with Crippen LogP contribution >= 0.6 is 0 Å². The monoisotopic (exact) mass is 269 g/mol. The van der Waals surface area contributed by atoms with E-state index in [4.69, 9.17) is 14.6 Å². The van der Waals surface area contributed by atoms with E-state index in [1.54, 1.807) is 0 Å². The van der Waals surface area contributed by atoms with E-state index in [0.29, 0.717) is 6.61 Å². The van der Waals surface area contributed by atoms with E-state index >= 15 is 0 Å². The van der Waals surface area contributed by atoms with E-state index in [-0.39, 0.29) is 29.7 Å². The second-order valence-corrected chi connectivity index (χ2v) is 4.01. The third-order valence-corrected chi connectivity index (χ3v) is 2.20. The molecule has 0 heterocycles. The summed E-state index contributed by atoms with van der Waals surface area (Å²) in [6, 6.07) is 3.45. The Morgan fingerprint density at radius 1 is 1.42 bits per heavy atom. The number of non-ortho nitro benzene ring substituents is 1. The van der Waals surface area contributed by atoms with Crippen LogP contribution in [0, 0.1) is 10.1 Å². The van der Waals surface area contributed by atoms with Gasteiger partial charge in [-0.05, 0) is 19.9 Å². The number of nitro groups is 1. The van der Waals surface area contributed by atoms with E-state index in [0.717, 1.165) is 6.07 Å². The van der Waals surface area contributed by atoms with Crippen molar-refractivity contribution in [3.63, 3.8) is 0 Å². The summed E-state index contributed by atoms with van der Waals surface area (Å²) < 4.78 is 10.5. The Labute approximate surface area is 109 Å². The number of carboxylic acid groups (broad SMARTS) is 1. The van der Waals surface area contributed by atoms with Crippen molar-refractivity contribution in [3.8, 4) is 5.75 Å². The highest BCUT2D eigenvalue weighted by Gasteiger charge is 2.17. The minimum Gasteiger partial charge on any atom is -0.490 e. The highest BCUT2D eigenvalue weighted by Crippen LogP contribution is 2.24. The zero-order chi connectivity index (χ0) is 14.4. The molecule has 0 spiro atoms. The molecular formula is C12H15NO6. The quantitative estimate of drug-likeness (QED) is 0.462. The molecule has 7 heteroatoms. The molecule has 0 aliphatic heterocycles. The maximum Gasteiger partial charge on any atom is 0.339 e. The predicted molar refractivity (Wildman–Crippen MR) is 66.6 cm³/mol. The molecule has 19 heavy (non-hydrogen) atoms. The van der Waals surface area contributed by atoms with E-state index in [1.807, 2.05) is 13.8 Å². The van der Waals surface area contributed by atoms with E-state index < -0.39 is 10.9 Å². The molecule has 0 atom stereocenters. The molecular weight excluding hydrogens is 254 g/mol. The Morgan fingerprint density at radius 2 is 2.11 bits per heavy atom. The van der Waals surface area contributed by atoms with E-state index in [2.05, 4.69) is 0 Å². The van der Waals surface area contributed by atoms with Crippen molar-refractivity contribution in [2.24, 2.45) is 0 Å². The Morgan fingerprint density at radius 3 is 2.63 bits per heavy atom. The molecule has 0 radical (unpaired) electrons. The summed E-state index contributed by atoms with van der Waals surface area (Å²) in [5.41, 5.74) is -0.526. The Bertz CT molecular complexity index is 471. The van der Waals surface area contributed by atoms with Crippen LogP contribution in [0.25, 0.3) is 0 Å². The first-order chi connectivity index (χ1) is 8.91. The summed E-state index contributed by atoms with van der Waals surface area (Å²) in [5, 5.41) is 19.6. The number of hydrogen-bond acceptors (Lipinski definition) is 5. The van der Waals surface area contributed by atoms with Crippen molar-refractivity contribution in [1.29, 1.82) is 0 Å². The van der Waals surface area contributed by atoms with Crippen LogP contribution in [0.1, 0.15) is 24.2 Å². The SMILES string of the molecule is CC(C)OCCOc1ccc([N+](=O)[O-])cc1C(=O)O. The summed E-state index contributed by atoms with van der Waals surface area (Å²) in [6.45, 7) is 4.23. The molecule has 0 saturated carbocycles. The first kappa shape index (κ1) is 14.9. The van der Waals surface area contributed by atoms with Crippen molar-refractivity contribution in [3.05, 3.63) is 33.9 Å². The average Bonchev–Trinajstić information content (AvgIpc) is 2.34. The number of carboxylic acids is 1. The normalized spacial score (nSPS) is 10.5. The van der Waals surface area contributed by atoms with Crippen molar-refractivity contribution in [2.45, 2.75) is 20.0 Å². The summed E-state index contributed by atoms with van der Waals surface area (Å²) in [6.07, 6.45) is 0.0550. The maximum atomic E-state index is 11.0. The Balaban J connectivity index is 2.77. The lowest BCUT2D eigenvalue weighted by atomic mass is 10.2. The van der Waals surface area contributed by atoms with Gasteiger partial charge in [0, 0.05) is 12.1 Å². The molecule has 104 valence electrons. The third-order valence-electron chi connectivity index (χ3n) is 2.20. The fourth-order valence-corrected chi connectivity index (χ4v) is 1.36. The van der Waals surface area contributed by atoms with Crippen LogP contribution in [0.3, 0.4) is 0 Å². The van der Waals surface area contributed by atoms with Crippen LogP contribution < -0.4 is 4.74 Å². The van der Waals surface area contributed by atoms with Crippen molar-refractivity contribution in [1.82, 2.24) is 0 Å². The molecule has 7 nitrogen and oxygen atoms in total. The lowest BCUT2D eigenvalue weighted by molar-refractivity contribution is -0.384. The molecule has 0 bridgehead atoms. The highest BCUT2D eigenvalue weighted by molar-refractivity contribution is 5.91. The zero-order valence-electron chi connectivity index (χ0n) is 10.7. The van der Waals surface area contributed by atoms with Gasteiger partial charge in [-0.2, -0.15) is 0 Å². The topological polar surface area (TPSA) is 98.9 Å².